The van der Waals surface area contributed by atoms with Crippen molar-refractivity contribution in [3.63, 3.8) is 0 Å². The summed E-state index contributed by atoms with van der Waals surface area (Å²) in [5, 5.41) is 15.9. The lowest BCUT2D eigenvalue weighted by molar-refractivity contribution is -0.139. The quantitative estimate of drug-likeness (QED) is 0.372. The topological polar surface area (TPSA) is 117 Å². The molecule has 0 fully saturated rings. The summed E-state index contributed by atoms with van der Waals surface area (Å²) in [4.78, 5) is 34.8. The Morgan fingerprint density at radius 3 is 2.50 bits per heavy atom. The van der Waals surface area contributed by atoms with Crippen LogP contribution in [0.4, 0.5) is 0 Å². The molecule has 0 aromatic heterocycles. The van der Waals surface area contributed by atoms with Crippen molar-refractivity contribution in [1.82, 2.24) is 10.7 Å². The van der Waals surface area contributed by atoms with Gasteiger partial charge >= 0.3 is 17.8 Å². The molecule has 0 heterocycles. The van der Waals surface area contributed by atoms with E-state index in [1.54, 1.807) is 37.3 Å². The molecule has 0 atom stereocenters. The first-order valence-corrected chi connectivity index (χ1v) is 8.64. The van der Waals surface area contributed by atoms with Gasteiger partial charge in [-0.05, 0) is 48.4 Å². The van der Waals surface area contributed by atoms with E-state index in [1.165, 1.54) is 18.3 Å². The molecule has 146 valence electrons. The number of hydrazone groups is 1. The van der Waals surface area contributed by atoms with Crippen molar-refractivity contribution in [2.45, 2.75) is 13.5 Å². The standard InChI is InChI=1S/C19H18ClN3O5/c1-2-28-16-8-5-13(9-15(16)19(26)27)11-22-23-18(25)17(24)21-10-12-3-6-14(20)7-4-12/h3-9,11H,2,10H2,1H3,(H,21,24)(H,23,25)(H,26,27)/b22-11-. The molecule has 0 unspecified atom stereocenters. The molecule has 2 amide bonds. The Balaban J connectivity index is 1.91. The van der Waals surface area contributed by atoms with Crippen LogP contribution in [-0.2, 0) is 16.1 Å². The molecule has 0 radical (unpaired) electrons. The second kappa shape index (κ2) is 10.1. The number of carbonyl (C=O) groups excluding carboxylic acids is 2. The van der Waals surface area contributed by atoms with Gasteiger partial charge in [0.1, 0.15) is 11.3 Å². The SMILES string of the molecule is CCOc1ccc(/C=N\NC(=O)C(=O)NCc2ccc(Cl)cc2)cc1C(=O)O. The third kappa shape index (κ3) is 6.10. The number of halogens is 1. The zero-order valence-electron chi connectivity index (χ0n) is 14.9. The first-order chi connectivity index (χ1) is 13.4. The number of amides is 2. The molecule has 0 saturated heterocycles. The molecule has 0 aliphatic heterocycles. The number of rotatable bonds is 7. The molecule has 8 nitrogen and oxygen atoms in total. The highest BCUT2D eigenvalue weighted by atomic mass is 35.5. The van der Waals surface area contributed by atoms with Crippen molar-refractivity contribution in [3.8, 4) is 5.75 Å². The van der Waals surface area contributed by atoms with Gasteiger partial charge in [-0.3, -0.25) is 9.59 Å². The number of hydrogen-bond donors (Lipinski definition) is 3. The minimum Gasteiger partial charge on any atom is -0.493 e. The van der Waals surface area contributed by atoms with E-state index < -0.39 is 17.8 Å². The zero-order valence-corrected chi connectivity index (χ0v) is 15.7. The van der Waals surface area contributed by atoms with E-state index in [1.807, 2.05) is 0 Å². The fraction of sp³-hybridized carbons (Fsp3) is 0.158. The van der Waals surface area contributed by atoms with E-state index >= 15 is 0 Å². The molecule has 0 bridgehead atoms. The van der Waals surface area contributed by atoms with Crippen molar-refractivity contribution in [1.29, 1.82) is 0 Å². The maximum absolute atomic E-state index is 11.8. The number of nitrogens with one attached hydrogen (secondary N) is 2. The van der Waals surface area contributed by atoms with Crippen LogP contribution in [-0.4, -0.2) is 35.7 Å². The maximum atomic E-state index is 11.8. The molecule has 0 aliphatic rings. The largest absolute Gasteiger partial charge is 0.493 e. The number of hydrogen-bond acceptors (Lipinski definition) is 5. The van der Waals surface area contributed by atoms with Gasteiger partial charge in [0.25, 0.3) is 0 Å². The number of carbonyl (C=O) groups is 3. The minimum atomic E-state index is -1.15. The molecule has 2 rings (SSSR count). The van der Waals surface area contributed by atoms with Gasteiger partial charge < -0.3 is 15.2 Å². The predicted octanol–water partition coefficient (Wildman–Crippen LogP) is 2.20. The Bertz CT molecular complexity index is 897. The molecule has 2 aromatic rings. The number of ether oxygens (including phenoxy) is 1. The third-order valence-corrected chi connectivity index (χ3v) is 3.74. The summed E-state index contributed by atoms with van der Waals surface area (Å²) >= 11 is 5.78. The number of carboxylic acid groups (broad SMARTS) is 1. The van der Waals surface area contributed by atoms with Gasteiger partial charge in [-0.25, -0.2) is 10.2 Å². The third-order valence-electron chi connectivity index (χ3n) is 3.49. The summed E-state index contributed by atoms with van der Waals surface area (Å²) in [6.07, 6.45) is 1.23. The van der Waals surface area contributed by atoms with Crippen molar-refractivity contribution < 1.29 is 24.2 Å². The fourth-order valence-corrected chi connectivity index (χ4v) is 2.28. The van der Waals surface area contributed by atoms with Gasteiger partial charge in [0.05, 0.1) is 12.8 Å². The van der Waals surface area contributed by atoms with Crippen LogP contribution in [0.5, 0.6) is 5.75 Å². The Hall–Kier alpha value is -3.39. The van der Waals surface area contributed by atoms with Gasteiger partial charge in [-0.2, -0.15) is 5.10 Å². The summed E-state index contributed by atoms with van der Waals surface area (Å²) in [6, 6.07) is 11.2. The molecular formula is C19H18ClN3O5. The monoisotopic (exact) mass is 403 g/mol. The second-order valence-electron chi connectivity index (χ2n) is 5.50. The highest BCUT2D eigenvalue weighted by molar-refractivity contribution is 6.35. The molecular weight excluding hydrogens is 386 g/mol. The van der Waals surface area contributed by atoms with Crippen LogP contribution in [0.1, 0.15) is 28.4 Å². The van der Waals surface area contributed by atoms with Crippen LogP contribution in [0.2, 0.25) is 5.02 Å². The first-order valence-electron chi connectivity index (χ1n) is 8.26. The van der Waals surface area contributed by atoms with E-state index in [4.69, 9.17) is 16.3 Å². The lowest BCUT2D eigenvalue weighted by Crippen LogP contribution is -2.37. The molecule has 0 saturated carbocycles. The Kier molecular flexibility index (Phi) is 7.53. The van der Waals surface area contributed by atoms with Crippen molar-refractivity contribution in [2.75, 3.05) is 6.61 Å². The first kappa shape index (κ1) is 20.9. The van der Waals surface area contributed by atoms with Crippen molar-refractivity contribution in [3.05, 3.63) is 64.2 Å². The van der Waals surface area contributed by atoms with Crippen LogP contribution >= 0.6 is 11.6 Å². The van der Waals surface area contributed by atoms with Gasteiger partial charge in [0.2, 0.25) is 0 Å². The van der Waals surface area contributed by atoms with Gasteiger partial charge in [-0.15, -0.1) is 0 Å². The summed E-state index contributed by atoms with van der Waals surface area (Å²) in [5.74, 6) is -2.72. The number of nitrogens with zero attached hydrogens (tertiary/aromatic N) is 1. The van der Waals surface area contributed by atoms with E-state index in [9.17, 15) is 19.5 Å². The molecule has 0 aliphatic carbocycles. The normalized spacial score (nSPS) is 10.5. The predicted molar refractivity (Wildman–Crippen MR) is 104 cm³/mol. The molecule has 28 heavy (non-hydrogen) atoms. The maximum Gasteiger partial charge on any atom is 0.339 e. The molecule has 3 N–H and O–H groups in total. The van der Waals surface area contributed by atoms with Crippen LogP contribution in [0, 0.1) is 0 Å². The smallest absolute Gasteiger partial charge is 0.339 e. The highest BCUT2D eigenvalue weighted by Gasteiger charge is 2.13. The van der Waals surface area contributed by atoms with Gasteiger partial charge in [0.15, 0.2) is 0 Å². The lowest BCUT2D eigenvalue weighted by atomic mass is 10.1. The molecule has 2 aromatic carbocycles. The Labute approximate surface area is 166 Å². The average molecular weight is 404 g/mol. The average Bonchev–Trinajstić information content (AvgIpc) is 2.68. The zero-order chi connectivity index (χ0) is 20.5. The van der Waals surface area contributed by atoms with Crippen molar-refractivity contribution >= 4 is 35.6 Å². The number of carboxylic acids is 1. The second-order valence-corrected chi connectivity index (χ2v) is 5.94. The Morgan fingerprint density at radius 2 is 1.86 bits per heavy atom. The number of aromatic carboxylic acids is 1. The van der Waals surface area contributed by atoms with Crippen LogP contribution in [0.15, 0.2) is 47.6 Å². The number of benzene rings is 2. The van der Waals surface area contributed by atoms with Gasteiger partial charge in [0, 0.05) is 11.6 Å². The van der Waals surface area contributed by atoms with Crippen LogP contribution in [0.25, 0.3) is 0 Å². The Morgan fingerprint density at radius 1 is 1.14 bits per heavy atom. The summed E-state index contributed by atoms with van der Waals surface area (Å²) in [6.45, 7) is 2.23. The van der Waals surface area contributed by atoms with E-state index in [2.05, 4.69) is 15.8 Å². The van der Waals surface area contributed by atoms with Crippen LogP contribution in [0.3, 0.4) is 0 Å². The van der Waals surface area contributed by atoms with E-state index in [0.29, 0.717) is 17.2 Å². The highest BCUT2D eigenvalue weighted by Crippen LogP contribution is 2.19. The van der Waals surface area contributed by atoms with Crippen molar-refractivity contribution in [2.24, 2.45) is 5.10 Å². The van der Waals surface area contributed by atoms with E-state index in [-0.39, 0.29) is 17.9 Å². The minimum absolute atomic E-state index is 0.0298. The van der Waals surface area contributed by atoms with Gasteiger partial charge in [-0.1, -0.05) is 23.7 Å². The molecule has 0 spiro atoms. The summed E-state index contributed by atoms with van der Waals surface area (Å²) in [5.41, 5.74) is 3.25. The van der Waals surface area contributed by atoms with Crippen LogP contribution < -0.4 is 15.5 Å². The fourth-order valence-electron chi connectivity index (χ4n) is 2.16. The lowest BCUT2D eigenvalue weighted by Gasteiger charge is -2.07. The molecule has 9 heteroatoms. The van der Waals surface area contributed by atoms with E-state index in [0.717, 1.165) is 5.56 Å². The summed E-state index contributed by atoms with van der Waals surface area (Å²) < 4.78 is 5.24. The summed E-state index contributed by atoms with van der Waals surface area (Å²) in [7, 11) is 0.